The Morgan fingerprint density at radius 2 is 1.45 bits per heavy atom. The Hall–Kier alpha value is 1.02. The van der Waals surface area contributed by atoms with Crippen LogP contribution in [-0.4, -0.2) is 24.5 Å². The van der Waals surface area contributed by atoms with Crippen LogP contribution in [0.15, 0.2) is 17.7 Å². The molecule has 0 aliphatic heterocycles. The van der Waals surface area contributed by atoms with Gasteiger partial charge in [0.15, 0.2) is 0 Å². The van der Waals surface area contributed by atoms with Crippen LogP contribution in [0.1, 0.15) is 26.7 Å². The molecule has 0 saturated heterocycles. The van der Waals surface area contributed by atoms with Crippen molar-refractivity contribution in [3.05, 3.63) is 53.5 Å². The van der Waals surface area contributed by atoms with E-state index in [0.29, 0.717) is 0 Å². The maximum atomic E-state index is 3.34. The molecule has 125 valence electrons. The first-order valence-electron chi connectivity index (χ1n) is 4.85. The maximum absolute atomic E-state index is 3.34. The zero-order valence-electron chi connectivity index (χ0n) is 13.8. The van der Waals surface area contributed by atoms with Crippen LogP contribution < -0.4 is 37.2 Å². The van der Waals surface area contributed by atoms with Crippen molar-refractivity contribution in [1.29, 1.82) is 0 Å². The van der Waals surface area contributed by atoms with Crippen molar-refractivity contribution in [3.8, 4) is 0 Å². The van der Waals surface area contributed by atoms with Gasteiger partial charge in [-0.2, -0.15) is 6.08 Å². The summed E-state index contributed by atoms with van der Waals surface area (Å²) < 4.78 is 0. The van der Waals surface area contributed by atoms with E-state index in [1.165, 1.54) is 12.1 Å². The molecule has 0 bridgehead atoms. The fraction of sp³-hybridized carbons (Fsp3) is 0.467. The summed E-state index contributed by atoms with van der Waals surface area (Å²) in [5, 5.41) is 0. The van der Waals surface area contributed by atoms with Crippen molar-refractivity contribution in [2.24, 2.45) is 0 Å². The van der Waals surface area contributed by atoms with Gasteiger partial charge in [-0.15, -0.1) is 6.42 Å². The second-order valence-electron chi connectivity index (χ2n) is 3.09. The van der Waals surface area contributed by atoms with Crippen molar-refractivity contribution >= 4 is 0 Å². The number of halogens is 3. The molecule has 20 heavy (non-hydrogen) atoms. The van der Waals surface area contributed by atoms with Crippen LogP contribution in [0.3, 0.4) is 0 Å². The summed E-state index contributed by atoms with van der Waals surface area (Å²) in [7, 11) is 0. The van der Waals surface area contributed by atoms with Crippen LogP contribution in [0, 0.1) is 35.8 Å². The predicted octanol–water partition coefficient (Wildman–Crippen LogP) is -4.78. The summed E-state index contributed by atoms with van der Waals surface area (Å²) in [6.45, 7) is 7.93. The summed E-state index contributed by atoms with van der Waals surface area (Å²) in [5.74, 6) is 0. The Morgan fingerprint density at radius 3 is 1.75 bits per heavy atom. The quantitative estimate of drug-likeness (QED) is 0.343. The second-order valence-corrected chi connectivity index (χ2v) is 3.09. The minimum absolute atomic E-state index is 0. The predicted molar refractivity (Wildman–Crippen MR) is 78.6 cm³/mol. The summed E-state index contributed by atoms with van der Waals surface area (Å²) in [6, 6.07) is 0. The van der Waals surface area contributed by atoms with Gasteiger partial charge in [-0.1, -0.05) is 13.8 Å². The van der Waals surface area contributed by atoms with Crippen LogP contribution >= 0.6 is 0 Å². The molecule has 0 unspecified atom stereocenters. The Morgan fingerprint density at radius 1 is 1.00 bits per heavy atom. The van der Waals surface area contributed by atoms with Gasteiger partial charge in [-0.25, -0.2) is 11.6 Å². The van der Waals surface area contributed by atoms with Gasteiger partial charge in [0, 0.05) is 0 Å². The molecule has 0 fully saturated rings. The molecule has 1 radical (unpaired) electrons. The topological polar surface area (TPSA) is 3.24 Å². The van der Waals surface area contributed by atoms with Crippen molar-refractivity contribution in [2.75, 3.05) is 19.6 Å². The van der Waals surface area contributed by atoms with Gasteiger partial charge in [0.1, 0.15) is 0 Å². The van der Waals surface area contributed by atoms with E-state index in [4.69, 9.17) is 0 Å². The first kappa shape index (κ1) is 49.7. The third kappa shape index (κ3) is 21.3. The molecule has 0 saturated carbocycles. The maximum Gasteiger partial charge on any atom is 3.00 e. The molecule has 0 amide bonds. The zero-order chi connectivity index (χ0) is 8.81. The first-order valence-corrected chi connectivity index (χ1v) is 4.85. The van der Waals surface area contributed by atoms with Gasteiger partial charge in [-0.3, -0.25) is 6.08 Å². The monoisotopic (exact) mass is 377 g/mol. The largest absolute Gasteiger partial charge is 3.00 e. The molecule has 1 nitrogen and oxygen atoms in total. The number of hydrogen-bond donors (Lipinski definition) is 0. The second kappa shape index (κ2) is 32.1. The smallest absolute Gasteiger partial charge is 1.00 e. The van der Waals surface area contributed by atoms with Gasteiger partial charge >= 0.3 is 21.7 Å². The van der Waals surface area contributed by atoms with Gasteiger partial charge < -0.3 is 71.8 Å². The summed E-state index contributed by atoms with van der Waals surface area (Å²) in [5.41, 5.74) is 1.39. The summed E-state index contributed by atoms with van der Waals surface area (Å²) in [6.07, 6.45) is 9.90. The fourth-order valence-corrected chi connectivity index (χ4v) is 1.44. The van der Waals surface area contributed by atoms with E-state index in [0.717, 1.165) is 25.9 Å². The molecule has 0 atom stereocenters. The van der Waals surface area contributed by atoms with Crippen molar-refractivity contribution in [3.63, 3.8) is 0 Å². The van der Waals surface area contributed by atoms with Crippen molar-refractivity contribution in [1.82, 2.24) is 4.90 Å². The fourth-order valence-electron chi connectivity index (χ4n) is 1.44. The van der Waals surface area contributed by atoms with Gasteiger partial charge in [-0.05, 0) is 26.1 Å². The Labute approximate surface area is 163 Å². The van der Waals surface area contributed by atoms with E-state index < -0.39 is 0 Å². The van der Waals surface area contributed by atoms with Gasteiger partial charge in [0.25, 0.3) is 0 Å². The molecular formula is C15H30Cl3NTi-5. The minimum atomic E-state index is 0. The number of rotatable bonds is 5. The van der Waals surface area contributed by atoms with E-state index in [-0.39, 0.29) is 88.6 Å². The molecule has 1 aliphatic rings. The molecule has 0 aromatic rings. The van der Waals surface area contributed by atoms with E-state index in [1.807, 2.05) is 0 Å². The minimum Gasteiger partial charge on any atom is -1.00 e. The van der Waals surface area contributed by atoms with Crippen LogP contribution in [0.25, 0.3) is 0 Å². The third-order valence-corrected chi connectivity index (χ3v) is 2.36. The van der Waals surface area contributed by atoms with Crippen molar-refractivity contribution < 1.29 is 58.9 Å². The molecule has 1 rings (SSSR count). The van der Waals surface area contributed by atoms with Crippen LogP contribution in [0.5, 0.6) is 0 Å². The molecule has 0 aromatic carbocycles. The molecule has 0 N–H and O–H groups in total. The SMILES string of the molecule is CCN(CC)CCC1=[C-]CC=C1.[CH3-].[CH3-].[CH3-].[CH3-].[Cl-].[Cl-].[Cl-].[Ti+3]. The third-order valence-electron chi connectivity index (χ3n) is 2.36. The number of hydrogen-bond acceptors (Lipinski definition) is 1. The van der Waals surface area contributed by atoms with E-state index in [2.05, 4.69) is 37.0 Å². The Bertz CT molecular complexity index is 194. The Balaban J connectivity index is -0.0000000300. The number of allylic oxidation sites excluding steroid dienone is 3. The van der Waals surface area contributed by atoms with Crippen LogP contribution in [-0.2, 0) is 21.7 Å². The normalized spacial score (nSPS) is 9.45. The van der Waals surface area contributed by atoms with E-state index >= 15 is 0 Å². The summed E-state index contributed by atoms with van der Waals surface area (Å²) >= 11 is 0. The average Bonchev–Trinajstić information content (AvgIpc) is 2.59. The van der Waals surface area contributed by atoms with Crippen LogP contribution in [0.2, 0.25) is 0 Å². The number of nitrogens with zero attached hydrogens (tertiary/aromatic N) is 1. The van der Waals surface area contributed by atoms with Gasteiger partial charge in [0.05, 0.1) is 0 Å². The summed E-state index contributed by atoms with van der Waals surface area (Å²) in [4.78, 5) is 2.45. The molecule has 1 aliphatic carbocycles. The van der Waals surface area contributed by atoms with Crippen molar-refractivity contribution in [2.45, 2.75) is 26.7 Å². The van der Waals surface area contributed by atoms with E-state index in [1.54, 1.807) is 0 Å². The first-order chi connectivity index (χ1) is 5.86. The average molecular weight is 379 g/mol. The Kier molecular flexibility index (Phi) is 79.8. The molecule has 0 aromatic heterocycles. The molecule has 5 heteroatoms. The van der Waals surface area contributed by atoms with E-state index in [9.17, 15) is 0 Å². The zero-order valence-corrected chi connectivity index (χ0v) is 17.6. The molecule has 0 spiro atoms. The standard InChI is InChI=1S/C11H18N.4CH3.3ClH.Ti/c1-3-12(4-2)10-9-11-7-5-6-8-11;;;;;;;;/h5,7H,3-4,6,9-10H2,1-2H3;4*1H3;3*1H;/q5*-1;;;;+3/p-3. The van der Waals surface area contributed by atoms with Crippen LogP contribution in [0.4, 0.5) is 0 Å². The molecule has 0 heterocycles. The van der Waals surface area contributed by atoms with Gasteiger partial charge in [0.2, 0.25) is 0 Å². The molecular weight excluding hydrogens is 348 g/mol.